The van der Waals surface area contributed by atoms with Crippen LogP contribution >= 0.6 is 0 Å². The Bertz CT molecular complexity index is 363. The summed E-state index contributed by atoms with van der Waals surface area (Å²) in [4.78, 5) is 9.78. The topological polar surface area (TPSA) is 44.9 Å². The molecule has 2 heterocycles. The average Bonchev–Trinajstić information content (AvgIpc) is 3.01. The SMILES string of the molecule is CC(C)CN1CCC2(CC1)CN=C(N)N2C1CCCC1. The summed E-state index contributed by atoms with van der Waals surface area (Å²) in [6, 6.07) is 0.665. The summed E-state index contributed by atoms with van der Waals surface area (Å²) in [6.07, 6.45) is 7.83. The summed E-state index contributed by atoms with van der Waals surface area (Å²) in [7, 11) is 0. The van der Waals surface area contributed by atoms with Crippen molar-refractivity contribution in [3.63, 3.8) is 0 Å². The second-order valence-corrected chi connectivity index (χ2v) is 7.40. The van der Waals surface area contributed by atoms with Crippen LogP contribution in [-0.4, -0.2) is 53.5 Å². The Hall–Kier alpha value is -0.770. The molecule has 0 unspecified atom stereocenters. The molecule has 0 amide bonds. The number of likely N-dealkylation sites (tertiary alicyclic amines) is 1. The molecule has 2 N–H and O–H groups in total. The number of hydrogen-bond acceptors (Lipinski definition) is 4. The van der Waals surface area contributed by atoms with Gasteiger partial charge in [0, 0.05) is 25.7 Å². The Morgan fingerprint density at radius 3 is 2.50 bits per heavy atom. The molecular formula is C16H30N4. The van der Waals surface area contributed by atoms with Gasteiger partial charge in [0.25, 0.3) is 0 Å². The Balaban J connectivity index is 1.67. The maximum Gasteiger partial charge on any atom is 0.192 e. The number of hydrogen-bond donors (Lipinski definition) is 1. The minimum absolute atomic E-state index is 0.257. The largest absolute Gasteiger partial charge is 0.370 e. The van der Waals surface area contributed by atoms with Crippen molar-refractivity contribution in [3.8, 4) is 0 Å². The highest BCUT2D eigenvalue weighted by atomic mass is 15.4. The van der Waals surface area contributed by atoms with Crippen molar-refractivity contribution < 1.29 is 0 Å². The van der Waals surface area contributed by atoms with E-state index in [1.54, 1.807) is 0 Å². The molecule has 2 fully saturated rings. The molecule has 4 heteroatoms. The first-order chi connectivity index (χ1) is 9.61. The molecule has 4 nitrogen and oxygen atoms in total. The van der Waals surface area contributed by atoms with Crippen LogP contribution < -0.4 is 5.73 Å². The Labute approximate surface area is 123 Å². The van der Waals surface area contributed by atoms with E-state index >= 15 is 0 Å². The lowest BCUT2D eigenvalue weighted by Crippen LogP contribution is -2.60. The molecular weight excluding hydrogens is 248 g/mol. The van der Waals surface area contributed by atoms with Crippen LogP contribution in [0.15, 0.2) is 4.99 Å². The first-order valence-electron chi connectivity index (χ1n) is 8.42. The van der Waals surface area contributed by atoms with Gasteiger partial charge in [0.05, 0.1) is 12.1 Å². The molecule has 1 saturated heterocycles. The second kappa shape index (κ2) is 5.55. The van der Waals surface area contributed by atoms with E-state index in [0.717, 1.165) is 18.4 Å². The van der Waals surface area contributed by atoms with E-state index in [4.69, 9.17) is 5.73 Å². The van der Waals surface area contributed by atoms with Crippen molar-refractivity contribution in [2.24, 2.45) is 16.6 Å². The fourth-order valence-corrected chi connectivity index (χ4v) is 4.43. The minimum Gasteiger partial charge on any atom is -0.370 e. The first kappa shape index (κ1) is 14.2. The summed E-state index contributed by atoms with van der Waals surface area (Å²) in [6.45, 7) is 9.22. The molecule has 114 valence electrons. The third-order valence-corrected chi connectivity index (χ3v) is 5.39. The lowest BCUT2D eigenvalue weighted by molar-refractivity contribution is 0.0581. The summed E-state index contributed by atoms with van der Waals surface area (Å²) >= 11 is 0. The van der Waals surface area contributed by atoms with Gasteiger partial charge in [-0.2, -0.15) is 0 Å². The van der Waals surface area contributed by atoms with Crippen molar-refractivity contribution in [1.29, 1.82) is 0 Å². The van der Waals surface area contributed by atoms with E-state index in [1.807, 2.05) is 0 Å². The fourth-order valence-electron chi connectivity index (χ4n) is 4.43. The van der Waals surface area contributed by atoms with Gasteiger partial charge in [-0.05, 0) is 31.6 Å². The zero-order chi connectivity index (χ0) is 14.2. The molecule has 2 aliphatic heterocycles. The minimum atomic E-state index is 0.257. The van der Waals surface area contributed by atoms with Crippen LogP contribution in [0.3, 0.4) is 0 Å². The quantitative estimate of drug-likeness (QED) is 0.859. The third-order valence-electron chi connectivity index (χ3n) is 5.39. The molecule has 0 bridgehead atoms. The van der Waals surface area contributed by atoms with Crippen LogP contribution in [0.2, 0.25) is 0 Å². The average molecular weight is 278 g/mol. The highest BCUT2D eigenvalue weighted by molar-refractivity contribution is 5.81. The van der Waals surface area contributed by atoms with Crippen LogP contribution in [0.5, 0.6) is 0 Å². The zero-order valence-corrected chi connectivity index (χ0v) is 13.1. The highest BCUT2D eigenvalue weighted by Crippen LogP contribution is 2.38. The molecule has 1 saturated carbocycles. The van der Waals surface area contributed by atoms with E-state index in [-0.39, 0.29) is 5.54 Å². The normalized spacial score (nSPS) is 27.8. The van der Waals surface area contributed by atoms with Crippen LogP contribution in [0.1, 0.15) is 52.4 Å². The van der Waals surface area contributed by atoms with Crippen LogP contribution in [-0.2, 0) is 0 Å². The Morgan fingerprint density at radius 1 is 1.25 bits per heavy atom. The molecule has 0 aromatic carbocycles. The number of guanidine groups is 1. The van der Waals surface area contributed by atoms with Gasteiger partial charge in [-0.3, -0.25) is 4.99 Å². The lowest BCUT2D eigenvalue weighted by atomic mass is 9.85. The molecule has 3 aliphatic rings. The third kappa shape index (κ3) is 2.54. The molecule has 0 aromatic heterocycles. The predicted molar refractivity (Wildman–Crippen MR) is 83.8 cm³/mol. The summed E-state index contributed by atoms with van der Waals surface area (Å²) in [5.41, 5.74) is 6.50. The number of nitrogens with two attached hydrogens (primary N) is 1. The van der Waals surface area contributed by atoms with Crippen molar-refractivity contribution in [2.75, 3.05) is 26.2 Å². The second-order valence-electron chi connectivity index (χ2n) is 7.40. The molecule has 0 aromatic rings. The van der Waals surface area contributed by atoms with Crippen molar-refractivity contribution in [3.05, 3.63) is 0 Å². The van der Waals surface area contributed by atoms with E-state index < -0.39 is 0 Å². The van der Waals surface area contributed by atoms with Gasteiger partial charge in [-0.1, -0.05) is 26.7 Å². The maximum absolute atomic E-state index is 6.24. The van der Waals surface area contributed by atoms with E-state index in [1.165, 1.54) is 58.2 Å². The maximum atomic E-state index is 6.24. The van der Waals surface area contributed by atoms with Crippen LogP contribution in [0, 0.1) is 5.92 Å². The number of nitrogens with zero attached hydrogens (tertiary/aromatic N) is 3. The Kier molecular flexibility index (Phi) is 3.93. The van der Waals surface area contributed by atoms with Gasteiger partial charge >= 0.3 is 0 Å². The fraction of sp³-hybridized carbons (Fsp3) is 0.938. The molecule has 20 heavy (non-hydrogen) atoms. The monoisotopic (exact) mass is 278 g/mol. The van der Waals surface area contributed by atoms with Gasteiger partial charge in [-0.25, -0.2) is 0 Å². The van der Waals surface area contributed by atoms with E-state index in [9.17, 15) is 0 Å². The predicted octanol–water partition coefficient (Wildman–Crippen LogP) is 2.05. The van der Waals surface area contributed by atoms with Crippen molar-refractivity contribution in [1.82, 2.24) is 9.80 Å². The smallest absolute Gasteiger partial charge is 0.192 e. The van der Waals surface area contributed by atoms with E-state index in [0.29, 0.717) is 6.04 Å². The van der Waals surface area contributed by atoms with Gasteiger partial charge in [0.1, 0.15) is 0 Å². The molecule has 1 spiro atoms. The zero-order valence-electron chi connectivity index (χ0n) is 13.1. The van der Waals surface area contributed by atoms with Gasteiger partial charge in [0.2, 0.25) is 0 Å². The van der Waals surface area contributed by atoms with E-state index in [2.05, 4.69) is 28.6 Å². The van der Waals surface area contributed by atoms with Crippen LogP contribution in [0.25, 0.3) is 0 Å². The van der Waals surface area contributed by atoms with Crippen LogP contribution in [0.4, 0.5) is 0 Å². The standard InChI is InChI=1S/C16H30N4/c1-13(2)11-19-9-7-16(8-10-19)12-18-15(17)20(16)14-5-3-4-6-14/h13-14H,3-12H2,1-2H3,(H2,17,18). The Morgan fingerprint density at radius 2 is 1.90 bits per heavy atom. The summed E-state index contributed by atoms with van der Waals surface area (Å²) < 4.78 is 0. The number of aliphatic imine (C=N–C) groups is 1. The first-order valence-corrected chi connectivity index (χ1v) is 8.42. The number of piperidine rings is 1. The summed E-state index contributed by atoms with van der Waals surface area (Å²) in [5, 5.41) is 0. The van der Waals surface area contributed by atoms with Gasteiger partial charge < -0.3 is 15.5 Å². The molecule has 3 rings (SSSR count). The van der Waals surface area contributed by atoms with Crippen molar-refractivity contribution >= 4 is 5.96 Å². The van der Waals surface area contributed by atoms with Crippen molar-refractivity contribution in [2.45, 2.75) is 64.0 Å². The van der Waals surface area contributed by atoms with Gasteiger partial charge in [-0.15, -0.1) is 0 Å². The molecule has 1 aliphatic carbocycles. The van der Waals surface area contributed by atoms with Gasteiger partial charge in [0.15, 0.2) is 5.96 Å². The lowest BCUT2D eigenvalue weighted by Gasteiger charge is -2.48. The number of rotatable bonds is 3. The highest BCUT2D eigenvalue weighted by Gasteiger charge is 2.47. The summed E-state index contributed by atoms with van der Waals surface area (Å²) in [5.74, 6) is 1.59. The molecule has 0 atom stereocenters. The molecule has 0 radical (unpaired) electrons.